The molecule has 144 valence electrons. The first-order chi connectivity index (χ1) is 12.8. The SMILES string of the molecule is Cc1ccc(OC(=O)c2ccc(C)c(S(=O)(=O)N3CCOCC3)c2)cc1C. The minimum Gasteiger partial charge on any atom is -0.423 e. The van der Waals surface area contributed by atoms with Gasteiger partial charge in [-0.25, -0.2) is 13.2 Å². The van der Waals surface area contributed by atoms with Gasteiger partial charge in [0.15, 0.2) is 0 Å². The number of sulfonamides is 1. The van der Waals surface area contributed by atoms with Crippen LogP contribution in [0.1, 0.15) is 27.0 Å². The van der Waals surface area contributed by atoms with Crippen molar-refractivity contribution in [2.24, 2.45) is 0 Å². The van der Waals surface area contributed by atoms with Gasteiger partial charge in [-0.1, -0.05) is 12.1 Å². The maximum absolute atomic E-state index is 12.9. The second-order valence-corrected chi connectivity index (χ2v) is 8.54. The van der Waals surface area contributed by atoms with Gasteiger partial charge in [0.25, 0.3) is 0 Å². The van der Waals surface area contributed by atoms with Crippen molar-refractivity contribution < 1.29 is 22.7 Å². The van der Waals surface area contributed by atoms with Gasteiger partial charge < -0.3 is 9.47 Å². The molecule has 1 aliphatic rings. The number of rotatable bonds is 4. The lowest BCUT2D eigenvalue weighted by atomic mass is 10.1. The highest BCUT2D eigenvalue weighted by molar-refractivity contribution is 7.89. The van der Waals surface area contributed by atoms with E-state index in [9.17, 15) is 13.2 Å². The van der Waals surface area contributed by atoms with Crippen LogP contribution in [0.5, 0.6) is 5.75 Å². The van der Waals surface area contributed by atoms with Crippen molar-refractivity contribution in [1.82, 2.24) is 4.31 Å². The van der Waals surface area contributed by atoms with E-state index in [0.717, 1.165) is 11.1 Å². The monoisotopic (exact) mass is 389 g/mol. The van der Waals surface area contributed by atoms with E-state index in [1.54, 1.807) is 31.2 Å². The molecular formula is C20H23NO5S. The molecule has 0 atom stereocenters. The van der Waals surface area contributed by atoms with E-state index in [1.165, 1.54) is 10.4 Å². The summed E-state index contributed by atoms with van der Waals surface area (Å²) in [6, 6.07) is 9.99. The lowest BCUT2D eigenvalue weighted by molar-refractivity contribution is 0.0727. The third-order valence-corrected chi connectivity index (χ3v) is 6.74. The Hall–Kier alpha value is -2.22. The predicted octanol–water partition coefficient (Wildman–Crippen LogP) is 2.85. The number of aryl methyl sites for hydroxylation is 3. The first-order valence-electron chi connectivity index (χ1n) is 8.77. The second kappa shape index (κ2) is 7.80. The summed E-state index contributed by atoms with van der Waals surface area (Å²) in [5.41, 5.74) is 2.90. The largest absolute Gasteiger partial charge is 0.423 e. The predicted molar refractivity (Wildman–Crippen MR) is 102 cm³/mol. The molecule has 0 aliphatic carbocycles. The fourth-order valence-electron chi connectivity index (χ4n) is 2.87. The topological polar surface area (TPSA) is 72.9 Å². The molecule has 27 heavy (non-hydrogen) atoms. The molecule has 0 bridgehead atoms. The molecule has 3 rings (SSSR count). The molecule has 0 saturated carbocycles. The van der Waals surface area contributed by atoms with Crippen molar-refractivity contribution in [1.29, 1.82) is 0 Å². The summed E-state index contributed by atoms with van der Waals surface area (Å²) in [6.07, 6.45) is 0. The van der Waals surface area contributed by atoms with E-state index < -0.39 is 16.0 Å². The highest BCUT2D eigenvalue weighted by Crippen LogP contribution is 2.24. The molecule has 0 N–H and O–H groups in total. The van der Waals surface area contributed by atoms with Crippen LogP contribution in [-0.2, 0) is 14.8 Å². The number of morpholine rings is 1. The van der Waals surface area contributed by atoms with Gasteiger partial charge in [-0.15, -0.1) is 0 Å². The van der Waals surface area contributed by atoms with Gasteiger partial charge in [-0.2, -0.15) is 4.31 Å². The molecule has 7 heteroatoms. The minimum atomic E-state index is -3.69. The molecule has 6 nitrogen and oxygen atoms in total. The molecular weight excluding hydrogens is 366 g/mol. The van der Waals surface area contributed by atoms with Gasteiger partial charge in [0.05, 0.1) is 23.7 Å². The normalized spacial score (nSPS) is 15.5. The summed E-state index contributed by atoms with van der Waals surface area (Å²) in [7, 11) is -3.69. The summed E-state index contributed by atoms with van der Waals surface area (Å²) in [5, 5.41) is 0. The average molecular weight is 389 g/mol. The van der Waals surface area contributed by atoms with Gasteiger partial charge in [0.2, 0.25) is 10.0 Å². The number of hydrogen-bond acceptors (Lipinski definition) is 5. The quantitative estimate of drug-likeness (QED) is 0.594. The van der Waals surface area contributed by atoms with Gasteiger partial charge in [0, 0.05) is 13.1 Å². The van der Waals surface area contributed by atoms with E-state index in [1.807, 2.05) is 19.9 Å². The van der Waals surface area contributed by atoms with E-state index in [2.05, 4.69) is 0 Å². The summed E-state index contributed by atoms with van der Waals surface area (Å²) < 4.78 is 37.9. The van der Waals surface area contributed by atoms with E-state index >= 15 is 0 Å². The Morgan fingerprint density at radius 2 is 1.63 bits per heavy atom. The number of esters is 1. The number of benzene rings is 2. The Morgan fingerprint density at radius 3 is 2.30 bits per heavy atom. The van der Waals surface area contributed by atoms with E-state index in [-0.39, 0.29) is 10.5 Å². The Morgan fingerprint density at radius 1 is 0.963 bits per heavy atom. The van der Waals surface area contributed by atoms with Crippen LogP contribution in [0.3, 0.4) is 0 Å². The molecule has 0 spiro atoms. The molecule has 2 aromatic rings. The number of carbonyl (C=O) groups excluding carboxylic acids is 1. The molecule has 1 fully saturated rings. The summed E-state index contributed by atoms with van der Waals surface area (Å²) in [5.74, 6) is -0.155. The fourth-order valence-corrected chi connectivity index (χ4v) is 4.53. The Labute approximate surface area is 159 Å². The van der Waals surface area contributed by atoms with E-state index in [4.69, 9.17) is 9.47 Å². The van der Waals surface area contributed by atoms with Crippen LogP contribution >= 0.6 is 0 Å². The molecule has 0 radical (unpaired) electrons. The zero-order chi connectivity index (χ0) is 19.6. The Bertz CT molecular complexity index is 962. The van der Waals surface area contributed by atoms with Crippen molar-refractivity contribution in [3.05, 3.63) is 58.7 Å². The lowest BCUT2D eigenvalue weighted by Crippen LogP contribution is -2.40. The van der Waals surface area contributed by atoms with Crippen LogP contribution in [0.2, 0.25) is 0 Å². The third-order valence-electron chi connectivity index (χ3n) is 4.70. The smallest absolute Gasteiger partial charge is 0.343 e. The first kappa shape index (κ1) is 19.5. The molecule has 0 aromatic heterocycles. The maximum atomic E-state index is 12.9. The average Bonchev–Trinajstić information content (AvgIpc) is 2.65. The van der Waals surface area contributed by atoms with E-state index in [0.29, 0.717) is 37.6 Å². The maximum Gasteiger partial charge on any atom is 0.343 e. The highest BCUT2D eigenvalue weighted by Gasteiger charge is 2.28. The lowest BCUT2D eigenvalue weighted by Gasteiger charge is -2.26. The highest BCUT2D eigenvalue weighted by atomic mass is 32.2. The zero-order valence-corrected chi connectivity index (χ0v) is 16.5. The molecule has 1 aliphatic heterocycles. The van der Waals surface area contributed by atoms with Crippen LogP contribution in [0.4, 0.5) is 0 Å². The number of hydrogen-bond donors (Lipinski definition) is 0. The van der Waals surface area contributed by atoms with Crippen LogP contribution in [0.15, 0.2) is 41.3 Å². The van der Waals surface area contributed by atoms with Crippen molar-refractivity contribution in [2.45, 2.75) is 25.7 Å². The zero-order valence-electron chi connectivity index (χ0n) is 15.7. The van der Waals surface area contributed by atoms with Crippen molar-refractivity contribution >= 4 is 16.0 Å². The molecule has 2 aromatic carbocycles. The van der Waals surface area contributed by atoms with Crippen LogP contribution in [0, 0.1) is 20.8 Å². The minimum absolute atomic E-state index is 0.124. The second-order valence-electron chi connectivity index (χ2n) is 6.63. The number of nitrogens with zero attached hydrogens (tertiary/aromatic N) is 1. The van der Waals surface area contributed by atoms with Gasteiger partial charge in [0.1, 0.15) is 5.75 Å². The standard InChI is InChI=1S/C20H23NO5S/c1-14-5-7-18(12-16(14)3)26-20(22)17-6-4-15(2)19(13-17)27(23,24)21-8-10-25-11-9-21/h4-7,12-13H,8-11H2,1-3H3. The van der Waals surface area contributed by atoms with Gasteiger partial charge in [-0.3, -0.25) is 0 Å². The Balaban J connectivity index is 1.88. The molecule has 0 unspecified atom stereocenters. The van der Waals surface area contributed by atoms with Crippen LogP contribution < -0.4 is 4.74 Å². The molecule has 1 heterocycles. The molecule has 0 amide bonds. The first-order valence-corrected chi connectivity index (χ1v) is 10.2. The van der Waals surface area contributed by atoms with Crippen LogP contribution in [-0.4, -0.2) is 45.0 Å². The summed E-state index contributed by atoms with van der Waals surface area (Å²) >= 11 is 0. The third kappa shape index (κ3) is 4.21. The van der Waals surface area contributed by atoms with Gasteiger partial charge in [-0.05, 0) is 61.7 Å². The summed E-state index contributed by atoms with van der Waals surface area (Å²) in [6.45, 7) is 6.97. The Kier molecular flexibility index (Phi) is 5.64. The number of carbonyl (C=O) groups is 1. The number of ether oxygens (including phenoxy) is 2. The fraction of sp³-hybridized carbons (Fsp3) is 0.350. The van der Waals surface area contributed by atoms with Crippen LogP contribution in [0.25, 0.3) is 0 Å². The summed E-state index contributed by atoms with van der Waals surface area (Å²) in [4.78, 5) is 12.7. The van der Waals surface area contributed by atoms with Gasteiger partial charge >= 0.3 is 5.97 Å². The van der Waals surface area contributed by atoms with Crippen molar-refractivity contribution in [2.75, 3.05) is 26.3 Å². The van der Waals surface area contributed by atoms with Crippen molar-refractivity contribution in [3.63, 3.8) is 0 Å². The molecule has 1 saturated heterocycles. The van der Waals surface area contributed by atoms with Crippen molar-refractivity contribution in [3.8, 4) is 5.75 Å².